The van der Waals surface area contributed by atoms with Gasteiger partial charge in [0.2, 0.25) is 0 Å². The summed E-state index contributed by atoms with van der Waals surface area (Å²) in [6, 6.07) is 2.00. The summed E-state index contributed by atoms with van der Waals surface area (Å²) in [6.07, 6.45) is 2.99. The van der Waals surface area contributed by atoms with Crippen molar-refractivity contribution in [3.8, 4) is 0 Å². The second-order valence-electron chi connectivity index (χ2n) is 5.63. The molecule has 0 saturated carbocycles. The lowest BCUT2D eigenvalue weighted by atomic mass is 10.1. The third-order valence-corrected chi connectivity index (χ3v) is 3.50. The van der Waals surface area contributed by atoms with Crippen LogP contribution in [0.25, 0.3) is 0 Å². The Kier molecular flexibility index (Phi) is 4.45. The summed E-state index contributed by atoms with van der Waals surface area (Å²) < 4.78 is 5.11. The first kappa shape index (κ1) is 13.9. The molecular formula is C14H23N3O2. The van der Waals surface area contributed by atoms with Crippen LogP contribution in [0.3, 0.4) is 0 Å². The van der Waals surface area contributed by atoms with Gasteiger partial charge in [-0.05, 0) is 32.1 Å². The number of urea groups is 1. The van der Waals surface area contributed by atoms with Crippen LogP contribution in [-0.2, 0) is 0 Å². The number of hydrogen-bond donors (Lipinski definition) is 1. The van der Waals surface area contributed by atoms with Crippen molar-refractivity contribution >= 4 is 6.03 Å². The Labute approximate surface area is 114 Å². The lowest BCUT2D eigenvalue weighted by molar-refractivity contribution is 0.190. The van der Waals surface area contributed by atoms with Gasteiger partial charge in [0.1, 0.15) is 11.5 Å². The number of carbonyl (C=O) groups excluding carboxylic acids is 1. The molecule has 106 valence electrons. The fraction of sp³-hybridized carbons (Fsp3) is 0.714. The van der Waals surface area contributed by atoms with Crippen LogP contribution in [0.5, 0.6) is 0 Å². The molecule has 5 heteroatoms. The first-order valence-electron chi connectivity index (χ1n) is 7.05. The lowest BCUT2D eigenvalue weighted by Gasteiger charge is -2.23. The van der Waals surface area contributed by atoms with E-state index in [2.05, 4.69) is 24.3 Å². The van der Waals surface area contributed by atoms with Gasteiger partial charge in [-0.1, -0.05) is 19.0 Å². The smallest absolute Gasteiger partial charge is 0.317 e. The molecule has 0 aromatic carbocycles. The highest BCUT2D eigenvalue weighted by molar-refractivity contribution is 5.75. The summed E-state index contributed by atoms with van der Waals surface area (Å²) in [5, 5.41) is 7.03. The van der Waals surface area contributed by atoms with Crippen LogP contribution >= 0.6 is 0 Å². The highest BCUT2D eigenvalue weighted by Crippen LogP contribution is 2.31. The Bertz CT molecular complexity index is 428. The number of rotatable bonds is 4. The quantitative estimate of drug-likeness (QED) is 0.910. The van der Waals surface area contributed by atoms with E-state index in [0.717, 1.165) is 43.8 Å². The van der Waals surface area contributed by atoms with Crippen LogP contribution in [0.2, 0.25) is 0 Å². The predicted molar refractivity (Wildman–Crippen MR) is 72.8 cm³/mol. The number of nitrogens with zero attached hydrogens (tertiary/aromatic N) is 2. The molecule has 2 heterocycles. The molecule has 0 spiro atoms. The number of aromatic nitrogens is 1. The SMILES string of the molecule is Cc1cc([C@H]2CCCN2C(=O)NCCC(C)C)no1. The third kappa shape index (κ3) is 3.49. The highest BCUT2D eigenvalue weighted by atomic mass is 16.5. The van der Waals surface area contributed by atoms with Gasteiger partial charge in [0.05, 0.1) is 6.04 Å². The van der Waals surface area contributed by atoms with E-state index in [4.69, 9.17) is 4.52 Å². The second kappa shape index (κ2) is 6.08. The molecule has 1 aromatic rings. The second-order valence-corrected chi connectivity index (χ2v) is 5.63. The minimum atomic E-state index is 0.0174. The molecule has 0 radical (unpaired) electrons. The maximum Gasteiger partial charge on any atom is 0.317 e. The molecule has 1 aromatic heterocycles. The van der Waals surface area contributed by atoms with Gasteiger partial charge in [0, 0.05) is 19.2 Å². The van der Waals surface area contributed by atoms with Gasteiger partial charge < -0.3 is 14.7 Å². The molecule has 0 unspecified atom stereocenters. The molecule has 2 amide bonds. The average molecular weight is 265 g/mol. The molecule has 1 atom stereocenters. The first-order chi connectivity index (χ1) is 9.08. The number of hydrogen-bond acceptors (Lipinski definition) is 3. The summed E-state index contributed by atoms with van der Waals surface area (Å²) in [4.78, 5) is 14.0. The predicted octanol–water partition coefficient (Wildman–Crippen LogP) is 2.88. The van der Waals surface area contributed by atoms with E-state index in [9.17, 15) is 4.79 Å². The zero-order chi connectivity index (χ0) is 13.8. The molecule has 1 saturated heterocycles. The van der Waals surface area contributed by atoms with Crippen LogP contribution in [0.15, 0.2) is 10.6 Å². The van der Waals surface area contributed by atoms with E-state index in [0.29, 0.717) is 5.92 Å². The fourth-order valence-electron chi connectivity index (χ4n) is 2.43. The first-order valence-corrected chi connectivity index (χ1v) is 7.05. The van der Waals surface area contributed by atoms with Crippen LogP contribution in [0.1, 0.15) is 50.6 Å². The van der Waals surface area contributed by atoms with Crippen LogP contribution < -0.4 is 5.32 Å². The third-order valence-electron chi connectivity index (χ3n) is 3.50. The van der Waals surface area contributed by atoms with Crippen LogP contribution in [0, 0.1) is 12.8 Å². The minimum Gasteiger partial charge on any atom is -0.361 e. The van der Waals surface area contributed by atoms with Crippen molar-refractivity contribution in [2.45, 2.75) is 46.1 Å². The van der Waals surface area contributed by atoms with Crippen molar-refractivity contribution in [2.75, 3.05) is 13.1 Å². The summed E-state index contributed by atoms with van der Waals surface area (Å²) in [6.45, 7) is 7.71. The van der Waals surface area contributed by atoms with Gasteiger partial charge in [-0.25, -0.2) is 4.79 Å². The summed E-state index contributed by atoms with van der Waals surface area (Å²) in [5.41, 5.74) is 0.869. The van der Waals surface area contributed by atoms with Crippen molar-refractivity contribution in [3.05, 3.63) is 17.5 Å². The summed E-state index contributed by atoms with van der Waals surface area (Å²) in [5.74, 6) is 1.40. The standard InChI is InChI=1S/C14H23N3O2/c1-10(2)6-7-15-14(18)17-8-4-5-13(17)12-9-11(3)19-16-12/h9-10,13H,4-8H2,1-3H3,(H,15,18)/t13-/m1/s1. The number of aryl methyl sites for hydroxylation is 1. The highest BCUT2D eigenvalue weighted by Gasteiger charge is 2.31. The molecular weight excluding hydrogens is 242 g/mol. The fourth-order valence-corrected chi connectivity index (χ4v) is 2.43. The Hall–Kier alpha value is -1.52. The van der Waals surface area contributed by atoms with Crippen molar-refractivity contribution in [2.24, 2.45) is 5.92 Å². The summed E-state index contributed by atoms with van der Waals surface area (Å²) >= 11 is 0. The average Bonchev–Trinajstić information content (AvgIpc) is 2.96. The number of likely N-dealkylation sites (tertiary alicyclic amines) is 1. The lowest BCUT2D eigenvalue weighted by Crippen LogP contribution is -2.40. The van der Waals surface area contributed by atoms with Gasteiger partial charge in [0.25, 0.3) is 0 Å². The van der Waals surface area contributed by atoms with Crippen molar-refractivity contribution in [1.82, 2.24) is 15.4 Å². The Morgan fingerprint density at radius 2 is 2.42 bits per heavy atom. The monoisotopic (exact) mass is 265 g/mol. The largest absolute Gasteiger partial charge is 0.361 e. The minimum absolute atomic E-state index is 0.0174. The van der Waals surface area contributed by atoms with E-state index >= 15 is 0 Å². The van der Waals surface area contributed by atoms with Gasteiger partial charge in [-0.15, -0.1) is 0 Å². The zero-order valence-corrected chi connectivity index (χ0v) is 12.0. The van der Waals surface area contributed by atoms with Crippen molar-refractivity contribution in [3.63, 3.8) is 0 Å². The molecule has 1 aliphatic rings. The number of amides is 2. The molecule has 1 N–H and O–H groups in total. The molecule has 1 aliphatic heterocycles. The normalized spacial score (nSPS) is 19.2. The van der Waals surface area contributed by atoms with E-state index in [1.165, 1.54) is 0 Å². The van der Waals surface area contributed by atoms with Gasteiger partial charge in [-0.2, -0.15) is 0 Å². The van der Waals surface area contributed by atoms with Gasteiger partial charge >= 0.3 is 6.03 Å². The number of nitrogens with one attached hydrogen (secondary N) is 1. The Morgan fingerprint density at radius 3 is 3.05 bits per heavy atom. The van der Waals surface area contributed by atoms with Gasteiger partial charge in [-0.3, -0.25) is 0 Å². The van der Waals surface area contributed by atoms with Crippen molar-refractivity contribution in [1.29, 1.82) is 0 Å². The van der Waals surface area contributed by atoms with E-state index in [1.807, 2.05) is 17.9 Å². The molecule has 0 aliphatic carbocycles. The maximum absolute atomic E-state index is 12.2. The Morgan fingerprint density at radius 1 is 1.63 bits per heavy atom. The zero-order valence-electron chi connectivity index (χ0n) is 12.0. The van der Waals surface area contributed by atoms with E-state index < -0.39 is 0 Å². The maximum atomic E-state index is 12.2. The van der Waals surface area contributed by atoms with Gasteiger partial charge in [0.15, 0.2) is 0 Å². The molecule has 5 nitrogen and oxygen atoms in total. The molecule has 2 rings (SSSR count). The number of carbonyl (C=O) groups is 1. The Balaban J connectivity index is 1.93. The van der Waals surface area contributed by atoms with Crippen LogP contribution in [0.4, 0.5) is 4.79 Å². The molecule has 0 bridgehead atoms. The van der Waals surface area contributed by atoms with E-state index in [-0.39, 0.29) is 12.1 Å². The molecule has 19 heavy (non-hydrogen) atoms. The van der Waals surface area contributed by atoms with Crippen LogP contribution in [-0.4, -0.2) is 29.2 Å². The molecule has 1 fully saturated rings. The van der Waals surface area contributed by atoms with E-state index in [1.54, 1.807) is 0 Å². The topological polar surface area (TPSA) is 58.4 Å². The van der Waals surface area contributed by atoms with Crippen molar-refractivity contribution < 1.29 is 9.32 Å². The summed E-state index contributed by atoms with van der Waals surface area (Å²) in [7, 11) is 0.